The summed E-state index contributed by atoms with van der Waals surface area (Å²) in [4.78, 5) is 0.203. The molecule has 2 rings (SSSR count). The van der Waals surface area contributed by atoms with Crippen molar-refractivity contribution < 1.29 is 13.2 Å². The molecule has 0 aliphatic heterocycles. The summed E-state index contributed by atoms with van der Waals surface area (Å²) in [5.74, 6) is 1.27. The topological polar surface area (TPSA) is 55.4 Å². The van der Waals surface area contributed by atoms with E-state index in [-0.39, 0.29) is 10.9 Å². The van der Waals surface area contributed by atoms with Crippen molar-refractivity contribution in [2.24, 2.45) is 11.8 Å². The third kappa shape index (κ3) is 4.03. The summed E-state index contributed by atoms with van der Waals surface area (Å²) >= 11 is 3.34. The van der Waals surface area contributed by atoms with Crippen LogP contribution in [0, 0.1) is 11.8 Å². The van der Waals surface area contributed by atoms with Gasteiger partial charge in [0.05, 0.1) is 6.61 Å². The van der Waals surface area contributed by atoms with E-state index in [0.717, 1.165) is 17.3 Å². The minimum absolute atomic E-state index is 0.0118. The number of hydrogen-bond acceptors (Lipinski definition) is 3. The second-order valence-electron chi connectivity index (χ2n) is 6.02. The van der Waals surface area contributed by atoms with E-state index in [4.69, 9.17) is 4.74 Å². The third-order valence-corrected chi connectivity index (χ3v) is 6.51. The molecule has 0 bridgehead atoms. The van der Waals surface area contributed by atoms with Gasteiger partial charge in [-0.15, -0.1) is 0 Å². The van der Waals surface area contributed by atoms with Crippen LogP contribution >= 0.6 is 15.9 Å². The highest BCUT2D eigenvalue weighted by Gasteiger charge is 2.32. The van der Waals surface area contributed by atoms with Crippen molar-refractivity contribution >= 4 is 26.0 Å². The van der Waals surface area contributed by atoms with E-state index in [1.165, 1.54) is 6.42 Å². The lowest BCUT2D eigenvalue weighted by Gasteiger charge is -2.34. The fourth-order valence-electron chi connectivity index (χ4n) is 2.98. The van der Waals surface area contributed by atoms with Crippen molar-refractivity contribution in [2.45, 2.75) is 51.0 Å². The van der Waals surface area contributed by atoms with Crippen LogP contribution in [0.1, 0.15) is 40.0 Å². The first-order valence-corrected chi connectivity index (χ1v) is 10.1. The molecule has 1 saturated carbocycles. The minimum Gasteiger partial charge on any atom is -0.492 e. The monoisotopic (exact) mass is 389 g/mol. The van der Waals surface area contributed by atoms with Gasteiger partial charge in [0.25, 0.3) is 0 Å². The molecular weight excluding hydrogens is 366 g/mol. The van der Waals surface area contributed by atoms with E-state index >= 15 is 0 Å². The van der Waals surface area contributed by atoms with Gasteiger partial charge in [-0.25, -0.2) is 13.1 Å². The number of halogens is 1. The van der Waals surface area contributed by atoms with E-state index < -0.39 is 10.0 Å². The molecule has 0 spiro atoms. The lowest BCUT2D eigenvalue weighted by molar-refractivity contribution is 0.226. The van der Waals surface area contributed by atoms with Gasteiger partial charge in [-0.1, -0.05) is 42.6 Å². The van der Waals surface area contributed by atoms with Crippen LogP contribution in [0.2, 0.25) is 0 Å². The van der Waals surface area contributed by atoms with Gasteiger partial charge in [0.1, 0.15) is 10.6 Å². The highest BCUT2D eigenvalue weighted by atomic mass is 79.9. The number of rotatable bonds is 5. The second-order valence-corrected chi connectivity index (χ2v) is 8.62. The molecule has 4 nitrogen and oxygen atoms in total. The molecule has 0 aromatic heterocycles. The van der Waals surface area contributed by atoms with Crippen molar-refractivity contribution in [3.05, 3.63) is 22.7 Å². The Morgan fingerprint density at radius 2 is 2.05 bits per heavy atom. The van der Waals surface area contributed by atoms with Gasteiger partial charge < -0.3 is 4.74 Å². The third-order valence-electron chi connectivity index (χ3n) is 4.51. The fourth-order valence-corrected chi connectivity index (χ4v) is 5.02. The summed E-state index contributed by atoms with van der Waals surface area (Å²) in [5.41, 5.74) is 0. The maximum absolute atomic E-state index is 12.8. The van der Waals surface area contributed by atoms with Gasteiger partial charge in [-0.2, -0.15) is 0 Å². The summed E-state index contributed by atoms with van der Waals surface area (Å²) in [6, 6.07) is 5.07. The van der Waals surface area contributed by atoms with Crippen molar-refractivity contribution in [3.8, 4) is 5.75 Å². The van der Waals surface area contributed by atoms with Crippen LogP contribution in [0.4, 0.5) is 0 Å². The molecule has 1 aliphatic carbocycles. The molecule has 22 heavy (non-hydrogen) atoms. The van der Waals surface area contributed by atoms with Crippen LogP contribution in [0.3, 0.4) is 0 Å². The standard InChI is InChI=1S/C16H24BrNO3S/c1-4-21-15-9-8-13(17)10-16(15)22(19,20)18-14-7-5-6-11(2)12(14)3/h8-12,14,18H,4-7H2,1-3H3. The van der Waals surface area contributed by atoms with Gasteiger partial charge in [0, 0.05) is 10.5 Å². The summed E-state index contributed by atoms with van der Waals surface area (Å²) < 4.78 is 34.7. The zero-order chi connectivity index (χ0) is 16.3. The van der Waals surface area contributed by atoms with Crippen LogP contribution < -0.4 is 9.46 Å². The van der Waals surface area contributed by atoms with Crippen LogP contribution in [0.5, 0.6) is 5.75 Å². The quantitative estimate of drug-likeness (QED) is 0.828. The summed E-state index contributed by atoms with van der Waals surface area (Å²) in [6.07, 6.45) is 3.12. The number of sulfonamides is 1. The second kappa shape index (κ2) is 7.32. The minimum atomic E-state index is -3.60. The first kappa shape index (κ1) is 17.8. The number of hydrogen-bond donors (Lipinski definition) is 1. The highest BCUT2D eigenvalue weighted by molar-refractivity contribution is 9.10. The van der Waals surface area contributed by atoms with Crippen molar-refractivity contribution in [1.82, 2.24) is 4.72 Å². The van der Waals surface area contributed by atoms with Crippen molar-refractivity contribution in [1.29, 1.82) is 0 Å². The van der Waals surface area contributed by atoms with Gasteiger partial charge >= 0.3 is 0 Å². The largest absolute Gasteiger partial charge is 0.492 e. The molecule has 1 aromatic rings. The van der Waals surface area contributed by atoms with Gasteiger partial charge in [0.2, 0.25) is 10.0 Å². The Bertz CT molecular complexity index is 618. The average Bonchev–Trinajstić information content (AvgIpc) is 2.46. The summed E-state index contributed by atoms with van der Waals surface area (Å²) in [5, 5.41) is 0. The maximum atomic E-state index is 12.8. The van der Waals surface area contributed by atoms with Gasteiger partial charge in [-0.3, -0.25) is 0 Å². The van der Waals surface area contributed by atoms with E-state index in [1.807, 2.05) is 6.92 Å². The summed E-state index contributed by atoms with van der Waals surface area (Å²) in [6.45, 7) is 6.59. The SMILES string of the molecule is CCOc1ccc(Br)cc1S(=O)(=O)NC1CCCC(C)C1C. The predicted molar refractivity (Wildman–Crippen MR) is 91.6 cm³/mol. The van der Waals surface area contributed by atoms with Crippen LogP contribution in [-0.4, -0.2) is 21.1 Å². The molecule has 1 aliphatic rings. The molecule has 0 heterocycles. The fraction of sp³-hybridized carbons (Fsp3) is 0.625. The molecule has 3 atom stereocenters. The Balaban J connectivity index is 2.28. The average molecular weight is 390 g/mol. The van der Waals surface area contributed by atoms with Crippen LogP contribution in [0.15, 0.2) is 27.6 Å². The smallest absolute Gasteiger partial charge is 0.244 e. The van der Waals surface area contributed by atoms with Crippen LogP contribution in [0.25, 0.3) is 0 Å². The molecule has 3 unspecified atom stereocenters. The lowest BCUT2D eigenvalue weighted by Crippen LogP contribution is -2.43. The van der Waals surface area contributed by atoms with Crippen LogP contribution in [-0.2, 0) is 10.0 Å². The molecular formula is C16H24BrNO3S. The number of benzene rings is 1. The van der Waals surface area contributed by atoms with Crippen molar-refractivity contribution in [3.63, 3.8) is 0 Å². The Morgan fingerprint density at radius 3 is 2.73 bits per heavy atom. The number of ether oxygens (including phenoxy) is 1. The molecule has 6 heteroatoms. The maximum Gasteiger partial charge on any atom is 0.244 e. The first-order chi connectivity index (χ1) is 10.3. The predicted octanol–water partition coefficient (Wildman–Crippen LogP) is 3.95. The van der Waals surface area contributed by atoms with Gasteiger partial charge in [-0.05, 0) is 43.4 Å². The zero-order valence-electron chi connectivity index (χ0n) is 13.3. The molecule has 0 radical (unpaired) electrons. The highest BCUT2D eigenvalue weighted by Crippen LogP contribution is 2.32. The summed E-state index contributed by atoms with van der Waals surface area (Å²) in [7, 11) is -3.60. The molecule has 0 saturated heterocycles. The Hall–Kier alpha value is -0.590. The first-order valence-electron chi connectivity index (χ1n) is 7.80. The zero-order valence-corrected chi connectivity index (χ0v) is 15.7. The van der Waals surface area contributed by atoms with Crippen molar-refractivity contribution in [2.75, 3.05) is 6.61 Å². The Morgan fingerprint density at radius 1 is 1.32 bits per heavy atom. The lowest BCUT2D eigenvalue weighted by atomic mass is 9.78. The Kier molecular flexibility index (Phi) is 5.91. The molecule has 1 N–H and O–H groups in total. The molecule has 0 amide bonds. The molecule has 1 aromatic carbocycles. The van der Waals surface area contributed by atoms with Gasteiger partial charge in [0.15, 0.2) is 0 Å². The normalized spacial score (nSPS) is 25.9. The van der Waals surface area contributed by atoms with E-state index in [0.29, 0.717) is 24.2 Å². The van der Waals surface area contributed by atoms with E-state index in [2.05, 4.69) is 34.5 Å². The van der Waals surface area contributed by atoms with E-state index in [1.54, 1.807) is 18.2 Å². The molecule has 1 fully saturated rings. The molecule has 124 valence electrons. The Labute approximate surface area is 141 Å². The number of nitrogens with one attached hydrogen (secondary N) is 1. The van der Waals surface area contributed by atoms with E-state index in [9.17, 15) is 8.42 Å².